The molecule has 1 N–H and O–H groups in total. The molecule has 0 radical (unpaired) electrons. The van der Waals surface area contributed by atoms with Gasteiger partial charge in [-0.2, -0.15) is 0 Å². The number of rotatable bonds is 6. The molecule has 0 spiro atoms. The number of amides is 1. The van der Waals surface area contributed by atoms with Crippen molar-refractivity contribution in [1.82, 2.24) is 15.1 Å². The number of guanidine groups is 1. The van der Waals surface area contributed by atoms with Gasteiger partial charge in [0.05, 0.1) is 25.0 Å². The van der Waals surface area contributed by atoms with Crippen molar-refractivity contribution in [2.45, 2.75) is 20.4 Å². The second-order valence-corrected chi connectivity index (χ2v) is 6.84. The van der Waals surface area contributed by atoms with Crippen LogP contribution in [0.1, 0.15) is 40.3 Å². The summed E-state index contributed by atoms with van der Waals surface area (Å²) in [6.07, 6.45) is 1.51. The van der Waals surface area contributed by atoms with Gasteiger partial charge in [0.1, 0.15) is 0 Å². The number of halogens is 1. The highest BCUT2D eigenvalue weighted by molar-refractivity contribution is 14.0. The van der Waals surface area contributed by atoms with Crippen LogP contribution in [0.5, 0.6) is 0 Å². The monoisotopic (exact) mass is 540 g/mol. The third kappa shape index (κ3) is 6.71. The number of ether oxygens (including phenoxy) is 1. The number of esters is 1. The summed E-state index contributed by atoms with van der Waals surface area (Å²) in [5, 5.41) is 3.32. The first kappa shape index (κ1) is 24.7. The van der Waals surface area contributed by atoms with Gasteiger partial charge in [0, 0.05) is 32.7 Å². The Hall–Kier alpha value is -2.56. The van der Waals surface area contributed by atoms with Crippen LogP contribution in [-0.2, 0) is 11.3 Å². The summed E-state index contributed by atoms with van der Waals surface area (Å²) in [4.78, 5) is 32.9. The van der Waals surface area contributed by atoms with Crippen LogP contribution in [0.3, 0.4) is 0 Å². The topological polar surface area (TPSA) is 87.4 Å². The van der Waals surface area contributed by atoms with Gasteiger partial charge in [0.2, 0.25) is 0 Å². The lowest BCUT2D eigenvalue weighted by Gasteiger charge is -2.36. The normalized spacial score (nSPS) is 14.1. The molecule has 2 aromatic rings. The molecule has 3 rings (SSSR count). The van der Waals surface area contributed by atoms with Gasteiger partial charge < -0.3 is 24.3 Å². The van der Waals surface area contributed by atoms with E-state index in [1.165, 1.54) is 6.26 Å². The van der Waals surface area contributed by atoms with E-state index >= 15 is 0 Å². The predicted molar refractivity (Wildman–Crippen MR) is 129 cm³/mol. The van der Waals surface area contributed by atoms with E-state index in [2.05, 4.69) is 10.2 Å². The first-order chi connectivity index (χ1) is 14.6. The van der Waals surface area contributed by atoms with Crippen molar-refractivity contribution in [1.29, 1.82) is 0 Å². The number of furan rings is 1. The zero-order valence-electron chi connectivity index (χ0n) is 17.9. The molecule has 0 unspecified atom stereocenters. The van der Waals surface area contributed by atoms with Gasteiger partial charge >= 0.3 is 5.97 Å². The van der Waals surface area contributed by atoms with Crippen molar-refractivity contribution in [3.63, 3.8) is 0 Å². The number of nitrogens with zero attached hydrogens (tertiary/aromatic N) is 3. The third-order valence-corrected chi connectivity index (χ3v) is 4.81. The molecule has 2 heterocycles. The number of carbonyl (C=O) groups is 2. The molecule has 0 bridgehead atoms. The van der Waals surface area contributed by atoms with E-state index in [0.29, 0.717) is 50.7 Å². The van der Waals surface area contributed by atoms with Crippen LogP contribution in [-0.4, -0.2) is 67.0 Å². The third-order valence-electron chi connectivity index (χ3n) is 4.81. The first-order valence-electron chi connectivity index (χ1n) is 10.2. The summed E-state index contributed by atoms with van der Waals surface area (Å²) >= 11 is 0. The number of piperazine rings is 1. The van der Waals surface area contributed by atoms with Crippen LogP contribution < -0.4 is 5.32 Å². The Morgan fingerprint density at radius 1 is 1.06 bits per heavy atom. The highest BCUT2D eigenvalue weighted by atomic mass is 127. The van der Waals surface area contributed by atoms with Crippen LogP contribution in [0.25, 0.3) is 0 Å². The molecule has 1 aromatic carbocycles. The molecule has 1 fully saturated rings. The molecular formula is C22H29IN4O4. The summed E-state index contributed by atoms with van der Waals surface area (Å²) < 4.78 is 10.2. The second kappa shape index (κ2) is 12.3. The lowest BCUT2D eigenvalue weighted by atomic mass is 10.1. The van der Waals surface area contributed by atoms with Crippen LogP contribution in [0, 0.1) is 0 Å². The Bertz CT molecular complexity index is 860. The van der Waals surface area contributed by atoms with Gasteiger partial charge in [-0.15, -0.1) is 24.0 Å². The fourth-order valence-electron chi connectivity index (χ4n) is 3.23. The first-order valence-corrected chi connectivity index (χ1v) is 10.2. The molecule has 1 aliphatic heterocycles. The minimum absolute atomic E-state index is 0. The minimum atomic E-state index is -0.317. The molecule has 31 heavy (non-hydrogen) atoms. The van der Waals surface area contributed by atoms with Crippen LogP contribution in [0.15, 0.2) is 52.1 Å². The molecular weight excluding hydrogens is 511 g/mol. The van der Waals surface area contributed by atoms with Crippen LogP contribution >= 0.6 is 24.0 Å². The molecule has 8 nitrogen and oxygen atoms in total. The maximum absolute atomic E-state index is 12.4. The lowest BCUT2D eigenvalue weighted by molar-refractivity contribution is 0.0526. The number of nitrogens with one attached hydrogen (secondary N) is 1. The van der Waals surface area contributed by atoms with Crippen molar-refractivity contribution in [3.05, 3.63) is 59.5 Å². The van der Waals surface area contributed by atoms with Gasteiger partial charge in [0.15, 0.2) is 11.7 Å². The second-order valence-electron chi connectivity index (χ2n) is 6.84. The maximum atomic E-state index is 12.4. The van der Waals surface area contributed by atoms with Crippen molar-refractivity contribution < 1.29 is 18.7 Å². The summed E-state index contributed by atoms with van der Waals surface area (Å²) in [5.41, 5.74) is 1.54. The summed E-state index contributed by atoms with van der Waals surface area (Å²) in [6, 6.07) is 10.7. The van der Waals surface area contributed by atoms with E-state index < -0.39 is 0 Å². The van der Waals surface area contributed by atoms with Gasteiger partial charge in [0.25, 0.3) is 5.91 Å². The van der Waals surface area contributed by atoms with Gasteiger partial charge in [-0.25, -0.2) is 9.79 Å². The predicted octanol–water partition coefficient (Wildman–Crippen LogP) is 3.00. The number of benzene rings is 1. The van der Waals surface area contributed by atoms with Crippen molar-refractivity contribution in [2.24, 2.45) is 4.99 Å². The largest absolute Gasteiger partial charge is 0.462 e. The maximum Gasteiger partial charge on any atom is 0.338 e. The fourth-order valence-corrected chi connectivity index (χ4v) is 3.23. The Balaban J connectivity index is 0.00000341. The van der Waals surface area contributed by atoms with Crippen LogP contribution in [0.2, 0.25) is 0 Å². The average Bonchev–Trinajstić information content (AvgIpc) is 3.32. The van der Waals surface area contributed by atoms with E-state index in [1.807, 2.05) is 19.1 Å². The van der Waals surface area contributed by atoms with Gasteiger partial charge in [-0.1, -0.05) is 12.1 Å². The van der Waals surface area contributed by atoms with Gasteiger partial charge in [-0.3, -0.25) is 4.79 Å². The van der Waals surface area contributed by atoms with E-state index in [9.17, 15) is 9.59 Å². The molecule has 0 aliphatic carbocycles. The molecule has 9 heteroatoms. The van der Waals surface area contributed by atoms with Crippen molar-refractivity contribution in [2.75, 3.05) is 39.3 Å². The molecule has 1 aliphatic rings. The zero-order chi connectivity index (χ0) is 21.3. The molecule has 0 saturated carbocycles. The Morgan fingerprint density at radius 2 is 1.74 bits per heavy atom. The average molecular weight is 540 g/mol. The Kier molecular flexibility index (Phi) is 9.83. The number of hydrogen-bond acceptors (Lipinski definition) is 5. The minimum Gasteiger partial charge on any atom is -0.462 e. The van der Waals surface area contributed by atoms with E-state index in [0.717, 1.165) is 18.1 Å². The fraction of sp³-hybridized carbons (Fsp3) is 0.409. The van der Waals surface area contributed by atoms with Gasteiger partial charge in [-0.05, 0) is 43.7 Å². The molecule has 1 amide bonds. The SMILES string of the molecule is CCNC(=NCc1ccc(C(=O)OCC)cc1)N1CCN(C(=O)c2ccco2)CC1.I. The van der Waals surface area contributed by atoms with E-state index in [-0.39, 0.29) is 35.9 Å². The summed E-state index contributed by atoms with van der Waals surface area (Å²) in [5.74, 6) is 0.790. The standard InChI is InChI=1S/C22H28N4O4.HI/c1-3-23-22(24-16-17-7-9-18(10-8-17)21(28)29-4-2)26-13-11-25(12-14-26)20(27)19-6-5-15-30-19;/h5-10,15H,3-4,11-14,16H2,1-2H3,(H,23,24);1H. The van der Waals surface area contributed by atoms with Crippen LogP contribution in [0.4, 0.5) is 0 Å². The summed E-state index contributed by atoms with van der Waals surface area (Å²) in [7, 11) is 0. The van der Waals surface area contributed by atoms with E-state index in [4.69, 9.17) is 14.1 Å². The molecule has 1 saturated heterocycles. The quantitative estimate of drug-likeness (QED) is 0.263. The number of aliphatic imine (C=N–C) groups is 1. The lowest BCUT2D eigenvalue weighted by Crippen LogP contribution is -2.53. The molecule has 0 atom stereocenters. The zero-order valence-corrected chi connectivity index (χ0v) is 20.2. The highest BCUT2D eigenvalue weighted by Gasteiger charge is 2.25. The number of hydrogen-bond donors (Lipinski definition) is 1. The summed E-state index contributed by atoms with van der Waals surface area (Å²) in [6.45, 7) is 8.04. The number of carbonyl (C=O) groups excluding carboxylic acids is 2. The Labute approximate surface area is 199 Å². The Morgan fingerprint density at radius 3 is 2.32 bits per heavy atom. The van der Waals surface area contributed by atoms with Crippen molar-refractivity contribution >= 4 is 41.8 Å². The van der Waals surface area contributed by atoms with E-state index in [1.54, 1.807) is 36.1 Å². The molecule has 168 valence electrons. The van der Waals surface area contributed by atoms with Crippen molar-refractivity contribution in [3.8, 4) is 0 Å². The molecule has 1 aromatic heterocycles. The highest BCUT2D eigenvalue weighted by Crippen LogP contribution is 2.11. The smallest absolute Gasteiger partial charge is 0.338 e.